The Balaban J connectivity index is 1.71. The molecule has 0 aliphatic heterocycles. The van der Waals surface area contributed by atoms with Crippen molar-refractivity contribution in [3.05, 3.63) is 65.1 Å². The second-order valence-electron chi connectivity index (χ2n) is 7.73. The van der Waals surface area contributed by atoms with E-state index in [0.717, 1.165) is 30.5 Å². The Bertz CT molecular complexity index is 967. The van der Waals surface area contributed by atoms with Gasteiger partial charge < -0.3 is 9.67 Å². The highest BCUT2D eigenvalue weighted by Crippen LogP contribution is 2.40. The van der Waals surface area contributed by atoms with Gasteiger partial charge in [0.2, 0.25) is 0 Å². The zero-order valence-corrected chi connectivity index (χ0v) is 15.3. The molecule has 1 N–H and O–H groups in total. The third kappa shape index (κ3) is 3.24. The third-order valence-electron chi connectivity index (χ3n) is 5.09. The lowest BCUT2D eigenvalue weighted by Crippen LogP contribution is -2.07. The normalized spacial score (nSPS) is 14.3. The molecule has 1 saturated carbocycles. The first-order chi connectivity index (χ1) is 12.5. The second-order valence-corrected chi connectivity index (χ2v) is 7.73. The number of aromatic nitrogens is 2. The predicted molar refractivity (Wildman–Crippen MR) is 103 cm³/mol. The van der Waals surface area contributed by atoms with Crippen LogP contribution in [0, 0.1) is 5.92 Å². The molecule has 1 aliphatic carbocycles. The van der Waals surface area contributed by atoms with Crippen molar-refractivity contribution in [1.29, 1.82) is 0 Å². The van der Waals surface area contributed by atoms with Crippen LogP contribution in [0.5, 0.6) is 0 Å². The molecule has 0 spiro atoms. The van der Waals surface area contributed by atoms with Crippen LogP contribution in [0.25, 0.3) is 10.9 Å². The molecule has 1 fully saturated rings. The van der Waals surface area contributed by atoms with Gasteiger partial charge >= 0.3 is 5.97 Å². The standard InChI is InChI=1S/C22H24N2O2/c1-14(2)13-24-9-8-18-16(4-3-5-21(18)24)11-20-19(22(25)26)10-17(12-23-20)15-6-7-15/h3-5,8-10,12,14-15H,6-7,11,13H2,1-2H3,(H,25,26). The average Bonchev–Trinajstić information content (AvgIpc) is 3.37. The lowest BCUT2D eigenvalue weighted by Gasteiger charge is -2.11. The first-order valence-electron chi connectivity index (χ1n) is 9.31. The summed E-state index contributed by atoms with van der Waals surface area (Å²) in [7, 11) is 0. The second kappa shape index (κ2) is 6.60. The molecule has 0 saturated heterocycles. The van der Waals surface area contributed by atoms with Crippen LogP contribution in [0.4, 0.5) is 0 Å². The number of benzene rings is 1. The van der Waals surface area contributed by atoms with E-state index in [0.29, 0.717) is 29.5 Å². The number of carboxylic acids is 1. The molecule has 0 bridgehead atoms. The Hall–Kier alpha value is -2.62. The van der Waals surface area contributed by atoms with Crippen molar-refractivity contribution in [1.82, 2.24) is 9.55 Å². The number of hydrogen-bond donors (Lipinski definition) is 1. The maximum absolute atomic E-state index is 11.8. The van der Waals surface area contributed by atoms with E-state index in [2.05, 4.69) is 47.8 Å². The van der Waals surface area contributed by atoms with Gasteiger partial charge in [0.1, 0.15) is 0 Å². The number of carbonyl (C=O) groups is 1. The number of pyridine rings is 1. The highest BCUT2D eigenvalue weighted by Gasteiger charge is 2.26. The summed E-state index contributed by atoms with van der Waals surface area (Å²) < 4.78 is 2.27. The van der Waals surface area contributed by atoms with Crippen molar-refractivity contribution in [3.8, 4) is 0 Å². The Morgan fingerprint density at radius 3 is 2.81 bits per heavy atom. The average molecular weight is 348 g/mol. The van der Waals surface area contributed by atoms with E-state index < -0.39 is 5.97 Å². The Morgan fingerprint density at radius 1 is 1.31 bits per heavy atom. The number of carboxylic acid groups (broad SMARTS) is 1. The lowest BCUT2D eigenvalue weighted by atomic mass is 10.00. The molecule has 4 nitrogen and oxygen atoms in total. The van der Waals surface area contributed by atoms with Gasteiger partial charge in [0.25, 0.3) is 0 Å². The summed E-state index contributed by atoms with van der Waals surface area (Å²) in [5.74, 6) is 0.187. The van der Waals surface area contributed by atoms with Crippen LogP contribution in [-0.2, 0) is 13.0 Å². The number of hydrogen-bond acceptors (Lipinski definition) is 2. The molecule has 2 heterocycles. The van der Waals surface area contributed by atoms with Gasteiger partial charge in [-0.2, -0.15) is 0 Å². The molecule has 0 amide bonds. The minimum absolute atomic E-state index is 0.341. The summed E-state index contributed by atoms with van der Waals surface area (Å²) in [6.45, 7) is 5.39. The molecule has 0 radical (unpaired) electrons. The van der Waals surface area contributed by atoms with Gasteiger partial charge in [0, 0.05) is 36.3 Å². The molecule has 0 unspecified atom stereocenters. The van der Waals surface area contributed by atoms with Gasteiger partial charge in [-0.3, -0.25) is 4.98 Å². The smallest absolute Gasteiger partial charge is 0.337 e. The summed E-state index contributed by atoms with van der Waals surface area (Å²) in [6, 6.07) is 10.2. The summed E-state index contributed by atoms with van der Waals surface area (Å²) in [6.07, 6.45) is 6.81. The van der Waals surface area contributed by atoms with E-state index in [1.165, 1.54) is 10.9 Å². The van der Waals surface area contributed by atoms with Crippen molar-refractivity contribution in [2.45, 2.75) is 45.6 Å². The van der Waals surface area contributed by atoms with E-state index in [-0.39, 0.29) is 0 Å². The van der Waals surface area contributed by atoms with Crippen LogP contribution in [0.2, 0.25) is 0 Å². The van der Waals surface area contributed by atoms with Crippen LogP contribution in [0.1, 0.15) is 59.8 Å². The number of aromatic carboxylic acids is 1. The van der Waals surface area contributed by atoms with Gasteiger partial charge in [-0.25, -0.2) is 4.79 Å². The van der Waals surface area contributed by atoms with Crippen LogP contribution >= 0.6 is 0 Å². The highest BCUT2D eigenvalue weighted by atomic mass is 16.4. The SMILES string of the molecule is CC(C)Cn1ccc2c(Cc3ncc(C4CC4)cc3C(=O)O)cccc21. The molecule has 1 aromatic carbocycles. The summed E-state index contributed by atoms with van der Waals surface area (Å²) in [5.41, 5.74) is 4.37. The molecular formula is C22H24N2O2. The number of fused-ring (bicyclic) bond motifs is 1. The fraction of sp³-hybridized carbons (Fsp3) is 0.364. The van der Waals surface area contributed by atoms with Gasteiger partial charge in [0.15, 0.2) is 0 Å². The van der Waals surface area contributed by atoms with E-state index in [1.54, 1.807) is 0 Å². The highest BCUT2D eigenvalue weighted by molar-refractivity contribution is 5.90. The monoisotopic (exact) mass is 348 g/mol. The van der Waals surface area contributed by atoms with Crippen LogP contribution in [0.3, 0.4) is 0 Å². The maximum Gasteiger partial charge on any atom is 0.337 e. The van der Waals surface area contributed by atoms with E-state index in [4.69, 9.17) is 0 Å². The predicted octanol–water partition coefficient (Wildman–Crippen LogP) is 4.86. The molecule has 3 aromatic rings. The lowest BCUT2D eigenvalue weighted by molar-refractivity contribution is 0.0695. The van der Waals surface area contributed by atoms with Crippen molar-refractivity contribution in [3.63, 3.8) is 0 Å². The van der Waals surface area contributed by atoms with Gasteiger partial charge in [-0.1, -0.05) is 26.0 Å². The van der Waals surface area contributed by atoms with Gasteiger partial charge in [0.05, 0.1) is 11.3 Å². The molecule has 0 atom stereocenters. The van der Waals surface area contributed by atoms with Gasteiger partial charge in [-0.05, 0) is 54.0 Å². The van der Waals surface area contributed by atoms with Crippen LogP contribution in [0.15, 0.2) is 42.7 Å². The van der Waals surface area contributed by atoms with E-state index >= 15 is 0 Å². The minimum atomic E-state index is -0.889. The zero-order chi connectivity index (χ0) is 18.3. The molecule has 134 valence electrons. The van der Waals surface area contributed by atoms with Gasteiger partial charge in [-0.15, -0.1) is 0 Å². The zero-order valence-electron chi connectivity index (χ0n) is 15.3. The molecule has 4 rings (SSSR count). The molecule has 2 aromatic heterocycles. The number of rotatable bonds is 6. The molecule has 4 heteroatoms. The molecular weight excluding hydrogens is 324 g/mol. The fourth-order valence-electron chi connectivity index (χ4n) is 3.65. The fourth-order valence-corrected chi connectivity index (χ4v) is 3.65. The summed E-state index contributed by atoms with van der Waals surface area (Å²) >= 11 is 0. The quantitative estimate of drug-likeness (QED) is 0.692. The first-order valence-corrected chi connectivity index (χ1v) is 9.31. The van der Waals surface area contributed by atoms with E-state index in [9.17, 15) is 9.90 Å². The van der Waals surface area contributed by atoms with Crippen LogP contribution in [-0.4, -0.2) is 20.6 Å². The first kappa shape index (κ1) is 16.8. The van der Waals surface area contributed by atoms with Crippen molar-refractivity contribution in [2.75, 3.05) is 0 Å². The topological polar surface area (TPSA) is 55.1 Å². The minimum Gasteiger partial charge on any atom is -0.478 e. The number of nitrogens with zero attached hydrogens (tertiary/aromatic N) is 2. The van der Waals surface area contributed by atoms with E-state index in [1.807, 2.05) is 18.3 Å². The molecule has 26 heavy (non-hydrogen) atoms. The third-order valence-corrected chi connectivity index (χ3v) is 5.09. The largest absolute Gasteiger partial charge is 0.478 e. The Morgan fingerprint density at radius 2 is 2.12 bits per heavy atom. The maximum atomic E-state index is 11.8. The van der Waals surface area contributed by atoms with Crippen molar-refractivity contribution >= 4 is 16.9 Å². The molecule has 1 aliphatic rings. The Kier molecular flexibility index (Phi) is 4.27. The van der Waals surface area contributed by atoms with Crippen LogP contribution < -0.4 is 0 Å². The summed E-state index contributed by atoms with van der Waals surface area (Å²) in [5, 5.41) is 10.8. The summed E-state index contributed by atoms with van der Waals surface area (Å²) in [4.78, 5) is 16.3. The van der Waals surface area contributed by atoms with Crippen molar-refractivity contribution in [2.24, 2.45) is 5.92 Å². The Labute approximate surface area is 153 Å². The van der Waals surface area contributed by atoms with Crippen molar-refractivity contribution < 1.29 is 9.90 Å².